The van der Waals surface area contributed by atoms with Crippen LogP contribution in [0.2, 0.25) is 0 Å². The molecule has 0 fully saturated rings. The van der Waals surface area contributed by atoms with E-state index in [1.165, 1.54) is 0 Å². The van der Waals surface area contributed by atoms with E-state index in [0.717, 1.165) is 0 Å². The van der Waals surface area contributed by atoms with Crippen LogP contribution in [0.3, 0.4) is 0 Å². The molecule has 0 aromatic rings. The predicted molar refractivity (Wildman–Crippen MR) is 15.1 cm³/mol. The molecule has 0 aliphatic rings. The fraction of sp³-hybridized carbons (Fsp3) is 0. The molecule has 0 N–H and O–H groups in total. The van der Waals surface area contributed by atoms with Gasteiger partial charge in [0.15, 0.2) is 0 Å². The van der Waals surface area contributed by atoms with Gasteiger partial charge in [0, 0.05) is 0 Å². The van der Waals surface area contributed by atoms with Gasteiger partial charge in [0.25, 0.3) is 0 Å². The second kappa shape index (κ2) is 8.98. The fourth-order valence-corrected chi connectivity index (χ4v) is 0. The molecule has 0 radical (unpaired) electrons. The maximum atomic E-state index is 9.76. The van der Waals surface area contributed by atoms with Gasteiger partial charge >= 0.3 is 72.9 Å². The molecule has 0 heterocycles. The van der Waals surface area contributed by atoms with Gasteiger partial charge in [0.05, 0.1) is 0 Å². The van der Waals surface area contributed by atoms with Crippen molar-refractivity contribution in [3.05, 3.63) is 0 Å². The number of hydrogen-bond acceptors (Lipinski definition) is 0. The summed E-state index contributed by atoms with van der Waals surface area (Å²) in [6.45, 7) is 0. The molecule has 0 nitrogen and oxygen atoms in total. The number of halogens is 2. The molecule has 0 aromatic carbocycles. The van der Waals surface area contributed by atoms with E-state index in [4.69, 9.17) is 0 Å². The first-order valence-corrected chi connectivity index (χ1v) is 1.60. The molecule has 0 atom stereocenters. The summed E-state index contributed by atoms with van der Waals surface area (Å²) in [7, 11) is 0. The average Bonchev–Trinajstić information content (AvgIpc) is 0.918. The summed E-state index contributed by atoms with van der Waals surface area (Å²) in [5.74, 6) is 0. The van der Waals surface area contributed by atoms with Crippen molar-refractivity contribution in [1.82, 2.24) is 0 Å². The summed E-state index contributed by atoms with van der Waals surface area (Å²) in [5.41, 5.74) is 0. The Morgan fingerprint density at radius 2 is 1.25 bits per heavy atom. The Morgan fingerprint density at radius 1 is 1.25 bits per heavy atom. The van der Waals surface area contributed by atoms with Crippen LogP contribution in [0.25, 0.3) is 0 Å². The molecular formula is HF2KMg. The third-order valence-electron chi connectivity index (χ3n) is 0. The average molecular weight is 102 g/mol. The second-order valence-electron chi connectivity index (χ2n) is 0.101. The summed E-state index contributed by atoms with van der Waals surface area (Å²) in [6.07, 6.45) is 0. The molecule has 0 rings (SSSR count). The Bertz CT molecular complexity index is 6.00. The predicted octanol–water partition coefficient (Wildman–Crippen LogP) is -0.189. The molecule has 0 aliphatic heterocycles. The van der Waals surface area contributed by atoms with Gasteiger partial charge in [-0.05, 0) is 0 Å². The van der Waals surface area contributed by atoms with Gasteiger partial charge < -0.3 is 5.91 Å². The first-order valence-electron chi connectivity index (χ1n) is 0.535. The molecule has 4 heteroatoms. The zero-order valence-corrected chi connectivity index (χ0v) is 2.88. The summed E-state index contributed by atoms with van der Waals surface area (Å²) in [6, 6.07) is 0. The van der Waals surface area contributed by atoms with E-state index < -0.39 is 21.5 Å². The second-order valence-corrected chi connectivity index (χ2v) is 0.303. The van der Waals surface area contributed by atoms with Crippen molar-refractivity contribution >= 4 is 72.9 Å². The van der Waals surface area contributed by atoms with E-state index in [1.807, 2.05) is 0 Å². The van der Waals surface area contributed by atoms with Crippen molar-refractivity contribution in [3.8, 4) is 0 Å². The molecule has 0 unspecified atom stereocenters. The Kier molecular flexibility index (Phi) is 21.4. The Morgan fingerprint density at radius 3 is 1.25 bits per heavy atom. The van der Waals surface area contributed by atoms with Crippen LogP contribution in [-0.2, 0) is 0 Å². The van der Waals surface area contributed by atoms with Crippen LogP contribution >= 0.6 is 0 Å². The minimum atomic E-state index is -2.58. The standard InChI is InChI=1S/2FH.K.Mg.H/h2*1H;;;/q;;;+2;/p-2. The van der Waals surface area contributed by atoms with Crippen LogP contribution in [0.4, 0.5) is 5.91 Å². The summed E-state index contributed by atoms with van der Waals surface area (Å²) in [4.78, 5) is 0. The normalized spacial score (nSPS) is 2.50. The SMILES string of the molecule is [F][Mg][F].[KH]. The molecule has 0 amide bonds. The van der Waals surface area contributed by atoms with Crippen LogP contribution < -0.4 is 0 Å². The van der Waals surface area contributed by atoms with Crippen molar-refractivity contribution in [3.63, 3.8) is 0 Å². The Labute approximate surface area is 76.9 Å². The van der Waals surface area contributed by atoms with Gasteiger partial charge in [-0.25, -0.2) is 0 Å². The zero-order chi connectivity index (χ0) is 2.71. The first kappa shape index (κ1) is 9.55. The molecule has 18 valence electrons. The summed E-state index contributed by atoms with van der Waals surface area (Å²) in [5, 5.41) is 0. The molecule has 0 saturated carbocycles. The molecule has 0 aromatic heterocycles. The van der Waals surface area contributed by atoms with Crippen molar-refractivity contribution in [2.45, 2.75) is 0 Å². The molecule has 0 aliphatic carbocycles. The van der Waals surface area contributed by atoms with Crippen LogP contribution in [-0.4, -0.2) is 72.9 Å². The molecule has 0 saturated heterocycles. The molecule has 0 bridgehead atoms. The van der Waals surface area contributed by atoms with Gasteiger partial charge in [-0.15, -0.1) is 0 Å². The Balaban J connectivity index is 0. The van der Waals surface area contributed by atoms with Gasteiger partial charge in [-0.1, -0.05) is 0 Å². The Hall–Kier alpha value is 2.26. The topological polar surface area (TPSA) is 0 Å². The van der Waals surface area contributed by atoms with Crippen molar-refractivity contribution in [2.75, 3.05) is 0 Å². The van der Waals surface area contributed by atoms with E-state index in [1.54, 1.807) is 0 Å². The van der Waals surface area contributed by atoms with Crippen molar-refractivity contribution < 1.29 is 5.91 Å². The third-order valence-corrected chi connectivity index (χ3v) is 0. The monoisotopic (exact) mass is 102 g/mol. The fourth-order valence-electron chi connectivity index (χ4n) is 0. The van der Waals surface area contributed by atoms with Crippen molar-refractivity contribution in [1.29, 1.82) is 0 Å². The minimum absolute atomic E-state index is 0. The van der Waals surface area contributed by atoms with E-state index in [9.17, 15) is 5.91 Å². The molecular weight excluding hydrogens is 101 g/mol. The van der Waals surface area contributed by atoms with Crippen LogP contribution in [0.1, 0.15) is 0 Å². The quantitative estimate of drug-likeness (QED) is 0.372. The summed E-state index contributed by atoms with van der Waals surface area (Å²) < 4.78 is 19.5. The van der Waals surface area contributed by atoms with E-state index in [-0.39, 0.29) is 51.4 Å². The van der Waals surface area contributed by atoms with E-state index >= 15 is 0 Å². The van der Waals surface area contributed by atoms with Gasteiger partial charge in [0.2, 0.25) is 0 Å². The van der Waals surface area contributed by atoms with Gasteiger partial charge in [-0.3, -0.25) is 0 Å². The van der Waals surface area contributed by atoms with Crippen LogP contribution in [0, 0.1) is 0 Å². The van der Waals surface area contributed by atoms with E-state index in [2.05, 4.69) is 0 Å². The molecule has 0 spiro atoms. The van der Waals surface area contributed by atoms with Crippen LogP contribution in [0.15, 0.2) is 0 Å². The first-order chi connectivity index (χ1) is 1.41. The molecule has 4 heavy (non-hydrogen) atoms. The zero-order valence-electron chi connectivity index (χ0n) is 1.46. The number of rotatable bonds is 0. The maximum absolute atomic E-state index is 9.76. The summed E-state index contributed by atoms with van der Waals surface area (Å²) >= 11 is -2.58. The van der Waals surface area contributed by atoms with Gasteiger partial charge in [-0.2, -0.15) is 0 Å². The van der Waals surface area contributed by atoms with Crippen molar-refractivity contribution in [2.24, 2.45) is 0 Å². The van der Waals surface area contributed by atoms with Gasteiger partial charge in [0.1, 0.15) is 0 Å². The third kappa shape index (κ3) is 8.86. The number of hydrogen-bond donors (Lipinski definition) is 0. The van der Waals surface area contributed by atoms with Crippen LogP contribution in [0.5, 0.6) is 0 Å². The van der Waals surface area contributed by atoms with E-state index in [0.29, 0.717) is 0 Å².